The van der Waals surface area contributed by atoms with Gasteiger partial charge >= 0.3 is 31.0 Å². The Labute approximate surface area is 126 Å². The van der Waals surface area contributed by atoms with Gasteiger partial charge in [-0.3, -0.25) is 0 Å². The molecule has 0 unspecified atom stereocenters. The number of rotatable bonds is 1. The maximum Gasteiger partial charge on any atom is 1.00 e. The third-order valence-electron chi connectivity index (χ3n) is 2.45. The molecule has 1 heterocycles. The van der Waals surface area contributed by atoms with Gasteiger partial charge in [0.05, 0.1) is 11.1 Å². The molecule has 0 aliphatic carbocycles. The van der Waals surface area contributed by atoms with Crippen molar-refractivity contribution in [3.8, 4) is 12.1 Å². The van der Waals surface area contributed by atoms with E-state index in [2.05, 4.69) is 9.97 Å². The van der Waals surface area contributed by atoms with Gasteiger partial charge in [0.25, 0.3) is 0 Å². The number of aromatic nitrogens is 2. The summed E-state index contributed by atoms with van der Waals surface area (Å²) < 4.78 is 62.8. The van der Waals surface area contributed by atoms with Crippen molar-refractivity contribution in [3.63, 3.8) is 0 Å². The van der Waals surface area contributed by atoms with Crippen LogP contribution < -0.4 is 23.8 Å². The van der Waals surface area contributed by atoms with E-state index in [-0.39, 0.29) is 41.0 Å². The first-order valence-corrected chi connectivity index (χ1v) is 4.94. The van der Waals surface area contributed by atoms with E-state index in [9.17, 15) is 22.0 Å². The van der Waals surface area contributed by atoms with Gasteiger partial charge in [0, 0.05) is 0 Å². The predicted molar refractivity (Wildman–Crippen MR) is 54.4 cm³/mol. The summed E-state index contributed by atoms with van der Waals surface area (Å²) in [6.45, 7) is 0. The normalized spacial score (nSPS) is 11.6. The van der Waals surface area contributed by atoms with Crippen molar-refractivity contribution >= 4 is 11.0 Å². The number of nitrogens with zero attached hydrogens (tertiary/aromatic N) is 4. The second-order valence-corrected chi connectivity index (χ2v) is 3.73. The van der Waals surface area contributed by atoms with Gasteiger partial charge in [0.15, 0.2) is 0 Å². The fourth-order valence-electron chi connectivity index (χ4n) is 1.46. The van der Waals surface area contributed by atoms with Crippen LogP contribution in [0.4, 0.5) is 22.0 Å². The van der Waals surface area contributed by atoms with Crippen LogP contribution in [0.2, 0.25) is 0 Å². The topological polar surface area (TPSA) is 74.6 Å². The van der Waals surface area contributed by atoms with Crippen LogP contribution in [0.25, 0.3) is 11.0 Å². The van der Waals surface area contributed by atoms with Gasteiger partial charge in [-0.15, -0.1) is 0 Å². The molecule has 0 spiro atoms. The summed E-state index contributed by atoms with van der Waals surface area (Å²) in [5.74, 6) is -6.91. The number of imidazole rings is 1. The molecule has 0 radical (unpaired) electrons. The van der Waals surface area contributed by atoms with E-state index in [1.807, 2.05) is 0 Å². The van der Waals surface area contributed by atoms with Crippen LogP contribution in [0, 0.1) is 22.7 Å². The van der Waals surface area contributed by atoms with E-state index in [4.69, 9.17) is 10.5 Å². The summed E-state index contributed by atoms with van der Waals surface area (Å²) in [4.78, 5) is 6.19. The molecular weight excluding hydrogens is 290 g/mol. The molecule has 2 aromatic rings. The maximum atomic E-state index is 13.1. The molecule has 2 rings (SSSR count). The Kier molecular flexibility index (Phi) is 4.34. The zero-order chi connectivity index (χ0) is 15.1. The Morgan fingerprint density at radius 2 is 1.52 bits per heavy atom. The van der Waals surface area contributed by atoms with Crippen molar-refractivity contribution in [2.45, 2.75) is 12.1 Å². The molecule has 0 saturated carbocycles. The van der Waals surface area contributed by atoms with Crippen molar-refractivity contribution in [3.05, 3.63) is 29.1 Å². The minimum Gasteiger partial charge on any atom is -0.434 e. The summed E-state index contributed by atoms with van der Waals surface area (Å²) >= 11 is 0. The fraction of sp³-hybridized carbons (Fsp3) is 0.182. The number of fused-ring (bicyclic) bond motifs is 1. The number of nitriles is 2. The maximum absolute atomic E-state index is 13.1. The number of benzene rings is 1. The second kappa shape index (κ2) is 5.36. The quantitative estimate of drug-likeness (QED) is 0.529. The second-order valence-electron chi connectivity index (χ2n) is 3.73. The minimum absolute atomic E-state index is 0. The van der Waals surface area contributed by atoms with Gasteiger partial charge in [-0.25, -0.2) is 0 Å². The van der Waals surface area contributed by atoms with Gasteiger partial charge in [-0.2, -0.15) is 32.5 Å². The van der Waals surface area contributed by atoms with Gasteiger partial charge < -0.3 is 9.97 Å². The van der Waals surface area contributed by atoms with E-state index >= 15 is 0 Å². The van der Waals surface area contributed by atoms with E-state index in [0.29, 0.717) is 0 Å². The molecule has 102 valence electrons. The predicted octanol–water partition coefficient (Wildman–Crippen LogP) is -0.407. The van der Waals surface area contributed by atoms with Crippen molar-refractivity contribution < 1.29 is 40.8 Å². The Hall–Kier alpha value is -2.08. The van der Waals surface area contributed by atoms with E-state index < -0.39 is 17.9 Å². The SMILES string of the molecule is N#Cc1cc2nc(C(F)(F)C(F)(F)F)[n-]c2cc1C#N.[Li+]. The van der Waals surface area contributed by atoms with E-state index in [0.717, 1.165) is 12.1 Å². The standard InChI is InChI=1S/C11H2F5N4.Li/c12-10(13,11(14,15)16)9-19-7-1-5(3-17)6(4-18)2-8(7)20-9;/h1-2H;/q-1;+1. The van der Waals surface area contributed by atoms with Gasteiger partial charge in [0.1, 0.15) is 12.1 Å². The van der Waals surface area contributed by atoms with Crippen LogP contribution in [-0.2, 0) is 5.92 Å². The third-order valence-corrected chi connectivity index (χ3v) is 2.45. The number of hydrogen-bond donors (Lipinski definition) is 0. The summed E-state index contributed by atoms with van der Waals surface area (Å²) in [6.07, 6.45) is -5.83. The Balaban J connectivity index is 0.00000220. The Bertz CT molecular complexity index is 715. The van der Waals surface area contributed by atoms with E-state index in [1.54, 1.807) is 12.1 Å². The molecule has 4 nitrogen and oxygen atoms in total. The average molecular weight is 292 g/mol. The summed E-state index contributed by atoms with van der Waals surface area (Å²) in [6, 6.07) is 5.12. The largest absolute Gasteiger partial charge is 1.00 e. The van der Waals surface area contributed by atoms with Crippen LogP contribution in [0.3, 0.4) is 0 Å². The molecule has 0 amide bonds. The Morgan fingerprint density at radius 3 is 2.00 bits per heavy atom. The van der Waals surface area contributed by atoms with Crippen LogP contribution in [0.1, 0.15) is 17.0 Å². The molecule has 21 heavy (non-hydrogen) atoms. The van der Waals surface area contributed by atoms with Crippen LogP contribution >= 0.6 is 0 Å². The zero-order valence-electron chi connectivity index (χ0n) is 10.3. The molecule has 0 aliphatic heterocycles. The molecule has 1 aromatic carbocycles. The van der Waals surface area contributed by atoms with Crippen molar-refractivity contribution in [2.75, 3.05) is 0 Å². The minimum atomic E-state index is -5.83. The Morgan fingerprint density at radius 1 is 1.00 bits per heavy atom. The first-order valence-electron chi connectivity index (χ1n) is 4.94. The van der Waals surface area contributed by atoms with Gasteiger partial charge in [-0.05, 0) is 29.0 Å². The fourth-order valence-corrected chi connectivity index (χ4v) is 1.46. The molecule has 0 atom stereocenters. The first kappa shape index (κ1) is 17.0. The summed E-state index contributed by atoms with van der Waals surface area (Å²) in [5.41, 5.74) is -0.970. The molecule has 0 N–H and O–H groups in total. The van der Waals surface area contributed by atoms with Crippen LogP contribution in [0.5, 0.6) is 0 Å². The smallest absolute Gasteiger partial charge is 0.434 e. The van der Waals surface area contributed by atoms with Gasteiger partial charge in [0.2, 0.25) is 0 Å². The number of alkyl halides is 5. The molecule has 1 aromatic heterocycles. The molecule has 0 bridgehead atoms. The van der Waals surface area contributed by atoms with Crippen LogP contribution in [-0.4, -0.2) is 11.2 Å². The molecule has 0 saturated heterocycles. The zero-order valence-corrected chi connectivity index (χ0v) is 10.3. The number of halogens is 5. The molecule has 0 aliphatic rings. The van der Waals surface area contributed by atoms with Gasteiger partial charge in [-0.1, -0.05) is 0 Å². The number of hydrogen-bond acceptors (Lipinski definition) is 3. The van der Waals surface area contributed by atoms with Crippen molar-refractivity contribution in [1.29, 1.82) is 10.5 Å². The average Bonchev–Trinajstić information content (AvgIpc) is 2.78. The monoisotopic (exact) mass is 292 g/mol. The summed E-state index contributed by atoms with van der Waals surface area (Å²) in [7, 11) is 0. The molecular formula is C11H2F5LiN4. The summed E-state index contributed by atoms with van der Waals surface area (Å²) in [5, 5.41) is 17.5. The van der Waals surface area contributed by atoms with Crippen molar-refractivity contribution in [2.24, 2.45) is 0 Å². The van der Waals surface area contributed by atoms with Crippen molar-refractivity contribution in [1.82, 2.24) is 9.97 Å². The molecule has 10 heteroatoms. The van der Waals surface area contributed by atoms with E-state index in [1.165, 1.54) is 0 Å². The first-order chi connectivity index (χ1) is 9.20. The van der Waals surface area contributed by atoms with Crippen LogP contribution in [0.15, 0.2) is 12.1 Å². The third kappa shape index (κ3) is 2.71. The molecule has 0 fully saturated rings.